The van der Waals surface area contributed by atoms with Crippen molar-refractivity contribution in [3.63, 3.8) is 0 Å². The molecule has 0 radical (unpaired) electrons. The molecule has 0 fully saturated rings. The van der Waals surface area contributed by atoms with Gasteiger partial charge in [0.15, 0.2) is 11.5 Å². The molecule has 2 rings (SSSR count). The zero-order valence-electron chi connectivity index (χ0n) is 17.7. The number of unbranched alkanes of at least 4 members (excludes halogenated alkanes) is 2. The van der Waals surface area contributed by atoms with Gasteiger partial charge in [0.1, 0.15) is 12.0 Å². The molecule has 2 aromatic carbocycles. The summed E-state index contributed by atoms with van der Waals surface area (Å²) in [5, 5.41) is 0. The molecule has 0 aliphatic carbocycles. The first-order valence-corrected chi connectivity index (χ1v) is 10.0. The Kier molecular flexibility index (Phi) is 7.91. The number of carbonyl (C=O) groups excluding carboxylic acids is 1. The number of rotatable bonds is 11. The third kappa shape index (κ3) is 5.51. The smallest absolute Gasteiger partial charge is 0.204 e. The van der Waals surface area contributed by atoms with Gasteiger partial charge < -0.3 is 14.2 Å². The molecule has 0 bridgehead atoms. The molecule has 0 aromatic heterocycles. The van der Waals surface area contributed by atoms with Gasteiger partial charge in [0.25, 0.3) is 0 Å². The van der Waals surface area contributed by atoms with E-state index in [0.29, 0.717) is 35.2 Å². The molecular formula is C24H32O4. The normalized spacial score (nSPS) is 11.2. The molecule has 28 heavy (non-hydrogen) atoms. The lowest BCUT2D eigenvalue weighted by Crippen LogP contribution is -2.14. The van der Waals surface area contributed by atoms with E-state index in [0.717, 1.165) is 32.0 Å². The largest absolute Gasteiger partial charge is 0.493 e. The van der Waals surface area contributed by atoms with Crippen molar-refractivity contribution in [1.82, 2.24) is 0 Å². The summed E-state index contributed by atoms with van der Waals surface area (Å²) in [6.45, 7) is 9.36. The monoisotopic (exact) mass is 384 g/mol. The maximum Gasteiger partial charge on any atom is 0.204 e. The van der Waals surface area contributed by atoms with Crippen molar-refractivity contribution in [3.8, 4) is 23.0 Å². The van der Waals surface area contributed by atoms with Crippen LogP contribution < -0.4 is 14.2 Å². The second-order valence-electron chi connectivity index (χ2n) is 7.59. The predicted octanol–water partition coefficient (Wildman–Crippen LogP) is 6.56. The van der Waals surface area contributed by atoms with Crippen LogP contribution in [0.2, 0.25) is 0 Å². The highest BCUT2D eigenvalue weighted by atomic mass is 16.5. The highest BCUT2D eigenvalue weighted by Crippen LogP contribution is 2.41. The zero-order valence-corrected chi connectivity index (χ0v) is 17.7. The van der Waals surface area contributed by atoms with Crippen molar-refractivity contribution in [2.45, 2.75) is 58.8 Å². The average Bonchev–Trinajstić information content (AvgIpc) is 2.72. The minimum absolute atomic E-state index is 0.118. The molecule has 0 spiro atoms. The van der Waals surface area contributed by atoms with Crippen LogP contribution in [0.1, 0.15) is 69.3 Å². The minimum Gasteiger partial charge on any atom is -0.493 e. The van der Waals surface area contributed by atoms with Gasteiger partial charge in [0.2, 0.25) is 5.75 Å². The number of hydrogen-bond donors (Lipinski definition) is 0. The first-order chi connectivity index (χ1) is 13.4. The van der Waals surface area contributed by atoms with Crippen LogP contribution in [0.3, 0.4) is 0 Å². The molecule has 0 saturated carbocycles. The summed E-state index contributed by atoms with van der Waals surface area (Å²) in [7, 11) is 1.56. The van der Waals surface area contributed by atoms with Gasteiger partial charge in [-0.25, -0.2) is 0 Å². The van der Waals surface area contributed by atoms with Crippen LogP contribution in [-0.2, 0) is 5.41 Å². The lowest BCUT2D eigenvalue weighted by atomic mass is 9.82. The molecule has 0 atom stereocenters. The predicted molar refractivity (Wildman–Crippen MR) is 113 cm³/mol. The molecule has 0 amide bonds. The summed E-state index contributed by atoms with van der Waals surface area (Å²) in [5.74, 6) is 2.21. The number of aldehydes is 1. The fourth-order valence-electron chi connectivity index (χ4n) is 2.87. The molecule has 0 unspecified atom stereocenters. The molecule has 2 aromatic rings. The Hall–Kier alpha value is -2.49. The Bertz CT molecular complexity index is 763. The van der Waals surface area contributed by atoms with Crippen molar-refractivity contribution in [2.24, 2.45) is 0 Å². The molecule has 0 saturated heterocycles. The van der Waals surface area contributed by atoms with E-state index in [4.69, 9.17) is 14.2 Å². The van der Waals surface area contributed by atoms with Crippen LogP contribution in [0.25, 0.3) is 0 Å². The zero-order chi connectivity index (χ0) is 20.6. The Balaban J connectivity index is 2.30. The summed E-state index contributed by atoms with van der Waals surface area (Å²) < 4.78 is 17.5. The van der Waals surface area contributed by atoms with Gasteiger partial charge in [0.05, 0.1) is 13.7 Å². The number of carbonyl (C=O) groups is 1. The molecular weight excluding hydrogens is 352 g/mol. The summed E-state index contributed by atoms with van der Waals surface area (Å²) in [5.41, 5.74) is 1.86. The summed E-state index contributed by atoms with van der Waals surface area (Å²) in [6, 6.07) is 11.4. The number of hydrogen-bond acceptors (Lipinski definition) is 4. The summed E-state index contributed by atoms with van der Waals surface area (Å²) in [6.07, 6.45) is 5.01. The number of benzene rings is 2. The van der Waals surface area contributed by atoms with Crippen LogP contribution in [0.4, 0.5) is 0 Å². The van der Waals surface area contributed by atoms with E-state index < -0.39 is 0 Å². The highest BCUT2D eigenvalue weighted by Gasteiger charge is 2.19. The van der Waals surface area contributed by atoms with E-state index in [1.165, 1.54) is 5.56 Å². The van der Waals surface area contributed by atoms with Crippen LogP contribution in [0.15, 0.2) is 36.4 Å². The van der Waals surface area contributed by atoms with Crippen LogP contribution in [-0.4, -0.2) is 20.0 Å². The Morgan fingerprint density at radius 2 is 1.68 bits per heavy atom. The highest BCUT2D eigenvalue weighted by molar-refractivity contribution is 5.78. The maximum absolute atomic E-state index is 11.3. The Labute approximate surface area is 168 Å². The molecule has 4 heteroatoms. The Morgan fingerprint density at radius 3 is 2.25 bits per heavy atom. The lowest BCUT2D eigenvalue weighted by molar-refractivity contribution is 0.112. The number of methoxy groups -OCH3 is 1. The van der Waals surface area contributed by atoms with E-state index in [1.807, 2.05) is 12.1 Å². The van der Waals surface area contributed by atoms with Crippen molar-refractivity contribution >= 4 is 6.29 Å². The number of ether oxygens (including phenoxy) is 3. The van der Waals surface area contributed by atoms with Crippen molar-refractivity contribution in [1.29, 1.82) is 0 Å². The quantitative estimate of drug-likeness (QED) is 0.325. The first kappa shape index (κ1) is 21.8. The van der Waals surface area contributed by atoms with Gasteiger partial charge in [0, 0.05) is 5.56 Å². The van der Waals surface area contributed by atoms with E-state index in [9.17, 15) is 4.79 Å². The molecule has 4 nitrogen and oxygen atoms in total. The topological polar surface area (TPSA) is 44.8 Å². The van der Waals surface area contributed by atoms with Gasteiger partial charge in [-0.3, -0.25) is 4.79 Å². The van der Waals surface area contributed by atoms with Gasteiger partial charge in [-0.2, -0.15) is 0 Å². The SMILES string of the molecule is CCCCCOc1c(OC)cc(C=O)cc1Oc1ccc(C(C)(C)CC)cc1. The second kappa shape index (κ2) is 10.2. The molecule has 0 aliphatic rings. The fourth-order valence-corrected chi connectivity index (χ4v) is 2.87. The van der Waals surface area contributed by atoms with E-state index in [2.05, 4.69) is 39.8 Å². The van der Waals surface area contributed by atoms with Gasteiger partial charge in [-0.05, 0) is 48.1 Å². The minimum atomic E-state index is 0.118. The fraction of sp³-hybridized carbons (Fsp3) is 0.458. The standard InChI is InChI=1S/C24H32O4/c1-6-8-9-14-27-23-21(26-5)15-18(17-25)16-22(23)28-20-12-10-19(11-13-20)24(3,4)7-2/h10-13,15-17H,6-9,14H2,1-5H3. The molecule has 152 valence electrons. The summed E-state index contributed by atoms with van der Waals surface area (Å²) in [4.78, 5) is 11.3. The van der Waals surface area contributed by atoms with Gasteiger partial charge in [-0.1, -0.05) is 52.7 Å². The Morgan fingerprint density at radius 1 is 1.00 bits per heavy atom. The first-order valence-electron chi connectivity index (χ1n) is 10.0. The van der Waals surface area contributed by atoms with Crippen molar-refractivity contribution in [3.05, 3.63) is 47.5 Å². The van der Waals surface area contributed by atoms with Crippen LogP contribution in [0, 0.1) is 0 Å². The van der Waals surface area contributed by atoms with E-state index in [1.54, 1.807) is 19.2 Å². The third-order valence-corrected chi connectivity index (χ3v) is 5.14. The average molecular weight is 385 g/mol. The van der Waals surface area contributed by atoms with Crippen LogP contribution >= 0.6 is 0 Å². The van der Waals surface area contributed by atoms with E-state index in [-0.39, 0.29) is 5.41 Å². The summed E-state index contributed by atoms with van der Waals surface area (Å²) >= 11 is 0. The van der Waals surface area contributed by atoms with Crippen molar-refractivity contribution < 1.29 is 19.0 Å². The van der Waals surface area contributed by atoms with Crippen molar-refractivity contribution in [2.75, 3.05) is 13.7 Å². The van der Waals surface area contributed by atoms with E-state index >= 15 is 0 Å². The van der Waals surface area contributed by atoms with Gasteiger partial charge >= 0.3 is 0 Å². The molecule has 0 aliphatic heterocycles. The maximum atomic E-state index is 11.3. The molecule has 0 heterocycles. The second-order valence-corrected chi connectivity index (χ2v) is 7.59. The molecule has 0 N–H and O–H groups in total. The lowest BCUT2D eigenvalue weighted by Gasteiger charge is -2.23. The van der Waals surface area contributed by atoms with Gasteiger partial charge in [-0.15, -0.1) is 0 Å². The van der Waals surface area contributed by atoms with Crippen LogP contribution in [0.5, 0.6) is 23.0 Å². The third-order valence-electron chi connectivity index (χ3n) is 5.14.